The summed E-state index contributed by atoms with van der Waals surface area (Å²) in [5.41, 5.74) is 1.55. The summed E-state index contributed by atoms with van der Waals surface area (Å²) in [7, 11) is 0. The van der Waals surface area contributed by atoms with Crippen molar-refractivity contribution in [1.29, 1.82) is 0 Å². The molecule has 0 saturated heterocycles. The molecule has 0 fully saturated rings. The molecule has 0 spiro atoms. The van der Waals surface area contributed by atoms with Crippen LogP contribution < -0.4 is 10.1 Å². The van der Waals surface area contributed by atoms with Crippen molar-refractivity contribution in [2.45, 2.75) is 6.61 Å². The highest BCUT2D eigenvalue weighted by Gasteiger charge is 2.07. The molecule has 0 heterocycles. The molecule has 3 aromatic rings. The number of carbonyl (C=O) groups is 1. The molecule has 1 amide bonds. The van der Waals surface area contributed by atoms with E-state index in [0.29, 0.717) is 18.0 Å². The summed E-state index contributed by atoms with van der Waals surface area (Å²) < 4.78 is 5.89. The van der Waals surface area contributed by atoms with Gasteiger partial charge >= 0.3 is 6.09 Å². The molecule has 3 rings (SSSR count). The van der Waals surface area contributed by atoms with Crippen molar-refractivity contribution in [3.8, 4) is 5.75 Å². The first-order valence-corrected chi connectivity index (χ1v) is 6.92. The Bertz CT molecular complexity index is 800. The number of benzene rings is 3. The van der Waals surface area contributed by atoms with E-state index in [2.05, 4.69) is 5.32 Å². The fourth-order valence-electron chi connectivity index (χ4n) is 2.33. The topological polar surface area (TPSA) is 58.6 Å². The van der Waals surface area contributed by atoms with Crippen molar-refractivity contribution in [2.24, 2.45) is 0 Å². The van der Waals surface area contributed by atoms with Gasteiger partial charge in [0.25, 0.3) is 0 Å². The Morgan fingerprint density at radius 1 is 1.00 bits per heavy atom. The monoisotopic (exact) mass is 293 g/mol. The van der Waals surface area contributed by atoms with Gasteiger partial charge in [-0.25, -0.2) is 4.79 Å². The molecule has 4 nitrogen and oxygen atoms in total. The first kappa shape index (κ1) is 13.9. The van der Waals surface area contributed by atoms with E-state index < -0.39 is 6.09 Å². The Balaban J connectivity index is 1.93. The summed E-state index contributed by atoms with van der Waals surface area (Å²) in [6, 6.07) is 21.1. The Morgan fingerprint density at radius 3 is 2.50 bits per heavy atom. The van der Waals surface area contributed by atoms with Gasteiger partial charge in [-0.05, 0) is 17.0 Å². The maximum Gasteiger partial charge on any atom is 0.409 e. The molecule has 0 aromatic heterocycles. The first-order valence-electron chi connectivity index (χ1n) is 6.92. The number of nitrogens with one attached hydrogen (secondary N) is 1. The van der Waals surface area contributed by atoms with Crippen LogP contribution in [0.3, 0.4) is 0 Å². The summed E-state index contributed by atoms with van der Waals surface area (Å²) >= 11 is 0. The van der Waals surface area contributed by atoms with Gasteiger partial charge in [0.1, 0.15) is 12.4 Å². The van der Waals surface area contributed by atoms with Gasteiger partial charge in [0.2, 0.25) is 0 Å². The van der Waals surface area contributed by atoms with Crippen molar-refractivity contribution in [2.75, 3.05) is 5.32 Å². The lowest BCUT2D eigenvalue weighted by molar-refractivity contribution is 0.209. The second-order valence-electron chi connectivity index (χ2n) is 4.90. The molecule has 0 atom stereocenters. The van der Waals surface area contributed by atoms with Crippen molar-refractivity contribution in [3.63, 3.8) is 0 Å². The molecule has 0 radical (unpaired) electrons. The number of hydrogen-bond donors (Lipinski definition) is 2. The van der Waals surface area contributed by atoms with E-state index in [4.69, 9.17) is 9.84 Å². The van der Waals surface area contributed by atoms with E-state index >= 15 is 0 Å². The number of hydrogen-bond acceptors (Lipinski definition) is 2. The van der Waals surface area contributed by atoms with Crippen molar-refractivity contribution in [3.05, 3.63) is 72.3 Å². The number of amides is 1. The molecule has 0 bridgehead atoms. The lowest BCUT2D eigenvalue weighted by Gasteiger charge is -2.12. The van der Waals surface area contributed by atoms with Gasteiger partial charge in [-0.3, -0.25) is 5.32 Å². The Morgan fingerprint density at radius 2 is 1.73 bits per heavy atom. The number of fused-ring (bicyclic) bond motifs is 1. The lowest BCUT2D eigenvalue weighted by atomic mass is 10.1. The second kappa shape index (κ2) is 6.18. The third kappa shape index (κ3) is 3.17. The fraction of sp³-hybridized carbons (Fsp3) is 0.0556. The average molecular weight is 293 g/mol. The molecule has 0 saturated carbocycles. The van der Waals surface area contributed by atoms with Crippen LogP contribution in [0.1, 0.15) is 5.56 Å². The number of rotatable bonds is 4. The van der Waals surface area contributed by atoms with E-state index in [1.165, 1.54) is 0 Å². The quantitative estimate of drug-likeness (QED) is 0.744. The van der Waals surface area contributed by atoms with Crippen molar-refractivity contribution in [1.82, 2.24) is 0 Å². The highest BCUT2D eigenvalue weighted by atomic mass is 16.5. The second-order valence-corrected chi connectivity index (χ2v) is 4.90. The predicted octanol–water partition coefficient (Wildman–Crippen LogP) is 4.51. The van der Waals surface area contributed by atoms with Crippen LogP contribution in [-0.2, 0) is 6.61 Å². The maximum absolute atomic E-state index is 10.8. The van der Waals surface area contributed by atoms with Gasteiger partial charge in [-0.2, -0.15) is 0 Å². The zero-order valence-corrected chi connectivity index (χ0v) is 11.8. The molecule has 110 valence electrons. The van der Waals surface area contributed by atoms with E-state index in [0.717, 1.165) is 16.3 Å². The minimum atomic E-state index is -1.09. The molecule has 4 heteroatoms. The fourth-order valence-corrected chi connectivity index (χ4v) is 2.33. The van der Waals surface area contributed by atoms with Crippen molar-refractivity contribution >= 4 is 22.6 Å². The van der Waals surface area contributed by atoms with Gasteiger partial charge in [0.15, 0.2) is 0 Å². The maximum atomic E-state index is 10.8. The Labute approximate surface area is 128 Å². The summed E-state index contributed by atoms with van der Waals surface area (Å²) in [6.45, 7) is 0.432. The van der Waals surface area contributed by atoms with Crippen LogP contribution in [0, 0.1) is 0 Å². The normalized spacial score (nSPS) is 10.4. The van der Waals surface area contributed by atoms with Crippen LogP contribution in [-0.4, -0.2) is 11.2 Å². The lowest BCUT2D eigenvalue weighted by Crippen LogP contribution is -2.07. The molecule has 0 aliphatic heterocycles. The third-order valence-corrected chi connectivity index (χ3v) is 3.31. The first-order chi connectivity index (χ1) is 10.7. The highest BCUT2D eigenvalue weighted by Crippen LogP contribution is 2.30. The Hall–Kier alpha value is -3.01. The number of ether oxygens (including phenoxy) is 1. The van der Waals surface area contributed by atoms with Crippen molar-refractivity contribution < 1.29 is 14.6 Å². The SMILES string of the molecule is O=C(O)Nc1cc(OCc2ccccc2)c2ccccc2c1. The average Bonchev–Trinajstić information content (AvgIpc) is 2.53. The van der Waals surface area contributed by atoms with Gasteiger partial charge in [-0.15, -0.1) is 0 Å². The van der Waals surface area contributed by atoms with E-state index in [1.807, 2.05) is 54.6 Å². The van der Waals surface area contributed by atoms with Crippen LogP contribution >= 0.6 is 0 Å². The molecule has 2 N–H and O–H groups in total. The summed E-state index contributed by atoms with van der Waals surface area (Å²) in [6.07, 6.45) is -1.09. The number of carboxylic acid groups (broad SMARTS) is 1. The van der Waals surface area contributed by atoms with Crippen LogP contribution in [0.5, 0.6) is 5.75 Å². The zero-order valence-electron chi connectivity index (χ0n) is 11.8. The van der Waals surface area contributed by atoms with Gasteiger partial charge in [-0.1, -0.05) is 54.6 Å². The molecule has 0 unspecified atom stereocenters. The van der Waals surface area contributed by atoms with Gasteiger partial charge in [0, 0.05) is 17.1 Å². The molecule has 0 aliphatic rings. The van der Waals surface area contributed by atoms with Crippen LogP contribution in [0.4, 0.5) is 10.5 Å². The van der Waals surface area contributed by atoms with E-state index in [-0.39, 0.29) is 0 Å². The summed E-state index contributed by atoms with van der Waals surface area (Å²) in [4.78, 5) is 10.8. The minimum absolute atomic E-state index is 0.432. The molecular weight excluding hydrogens is 278 g/mol. The third-order valence-electron chi connectivity index (χ3n) is 3.31. The Kier molecular flexibility index (Phi) is 3.92. The summed E-state index contributed by atoms with van der Waals surface area (Å²) in [5, 5.41) is 13.1. The van der Waals surface area contributed by atoms with E-state index in [1.54, 1.807) is 12.1 Å². The predicted molar refractivity (Wildman–Crippen MR) is 86.4 cm³/mol. The molecular formula is C18H15NO3. The number of anilines is 1. The van der Waals surface area contributed by atoms with Crippen LogP contribution in [0.15, 0.2) is 66.7 Å². The standard InChI is InChI=1S/C18H15NO3/c20-18(21)19-15-10-14-8-4-5-9-16(14)17(11-15)22-12-13-6-2-1-3-7-13/h1-11,19H,12H2,(H,20,21). The summed E-state index contributed by atoms with van der Waals surface area (Å²) in [5.74, 6) is 0.658. The molecule has 0 aliphatic carbocycles. The molecule has 22 heavy (non-hydrogen) atoms. The van der Waals surface area contributed by atoms with Gasteiger partial charge < -0.3 is 9.84 Å². The van der Waals surface area contributed by atoms with Crippen LogP contribution in [0.2, 0.25) is 0 Å². The zero-order chi connectivity index (χ0) is 15.4. The van der Waals surface area contributed by atoms with E-state index in [9.17, 15) is 4.79 Å². The largest absolute Gasteiger partial charge is 0.488 e. The minimum Gasteiger partial charge on any atom is -0.488 e. The van der Waals surface area contributed by atoms with Gasteiger partial charge in [0.05, 0.1) is 0 Å². The van der Waals surface area contributed by atoms with Crippen LogP contribution in [0.25, 0.3) is 10.8 Å². The smallest absolute Gasteiger partial charge is 0.409 e. The highest BCUT2D eigenvalue weighted by molar-refractivity contribution is 5.94. The molecule has 3 aromatic carbocycles.